The van der Waals surface area contributed by atoms with Crippen LogP contribution in [0, 0.1) is 22.7 Å². The fraction of sp³-hybridized carbons (Fsp3) is 0.762. The highest BCUT2D eigenvalue weighted by Crippen LogP contribution is 2.61. The number of hydrogen-bond donors (Lipinski definition) is 0. The van der Waals surface area contributed by atoms with Gasteiger partial charge in [-0.05, 0) is 75.0 Å². The molecule has 0 bridgehead atoms. The third kappa shape index (κ3) is 3.41. The van der Waals surface area contributed by atoms with Gasteiger partial charge in [-0.25, -0.2) is 4.79 Å². The molecule has 2 heteroatoms. The molecule has 0 amide bonds. The molecule has 1 fully saturated rings. The van der Waals surface area contributed by atoms with Crippen molar-refractivity contribution in [2.45, 2.75) is 73.1 Å². The van der Waals surface area contributed by atoms with Crippen LogP contribution in [0.25, 0.3) is 0 Å². The molecular formula is C21H34O2. The van der Waals surface area contributed by atoms with Crippen molar-refractivity contribution in [3.8, 4) is 0 Å². The highest BCUT2D eigenvalue weighted by Gasteiger charge is 2.52. The molecule has 0 aliphatic heterocycles. The van der Waals surface area contributed by atoms with Crippen molar-refractivity contribution in [3.63, 3.8) is 0 Å². The Morgan fingerprint density at radius 2 is 2.09 bits per heavy atom. The van der Waals surface area contributed by atoms with Crippen LogP contribution in [-0.4, -0.2) is 13.1 Å². The Bertz CT molecular complexity index is 516. The van der Waals surface area contributed by atoms with Gasteiger partial charge in [0.2, 0.25) is 0 Å². The minimum Gasteiger partial charge on any atom is -0.466 e. The monoisotopic (exact) mass is 318 g/mol. The van der Waals surface area contributed by atoms with Gasteiger partial charge in [-0.15, -0.1) is 0 Å². The van der Waals surface area contributed by atoms with E-state index >= 15 is 0 Å². The highest BCUT2D eigenvalue weighted by molar-refractivity contribution is 5.82. The Kier molecular flexibility index (Phi) is 5.43. The number of carbonyl (C=O) groups is 1. The van der Waals surface area contributed by atoms with E-state index in [1.54, 1.807) is 11.6 Å². The number of fused-ring (bicyclic) bond motifs is 1. The quantitative estimate of drug-likeness (QED) is 0.378. The number of hydrogen-bond acceptors (Lipinski definition) is 2. The molecule has 2 aliphatic carbocycles. The van der Waals surface area contributed by atoms with Crippen molar-refractivity contribution < 1.29 is 9.53 Å². The van der Waals surface area contributed by atoms with E-state index in [2.05, 4.69) is 40.7 Å². The lowest BCUT2D eigenvalue weighted by Gasteiger charge is -2.58. The number of carbonyl (C=O) groups excluding carboxylic acids is 1. The Balaban J connectivity index is 2.19. The van der Waals surface area contributed by atoms with Gasteiger partial charge in [-0.2, -0.15) is 0 Å². The molecule has 2 rings (SSSR count). The predicted molar refractivity (Wildman–Crippen MR) is 96.1 cm³/mol. The standard InChI is InChI=1S/C21H34O2/c1-15(14-19(22)23-6)10-12-20(4)17(3)11-13-21(5)16(2)8-7-9-18(20)21/h8,14,17-18H,7,9-13H2,1-6H3/b15-14+/t17-,18+,20+,21+/m1/s1. The van der Waals surface area contributed by atoms with Gasteiger partial charge in [0.25, 0.3) is 0 Å². The maximum Gasteiger partial charge on any atom is 0.330 e. The summed E-state index contributed by atoms with van der Waals surface area (Å²) in [6.07, 6.45) is 11.5. The second kappa shape index (κ2) is 6.83. The third-order valence-corrected chi connectivity index (χ3v) is 7.22. The van der Waals surface area contributed by atoms with Gasteiger partial charge in [0.05, 0.1) is 7.11 Å². The Labute approximate surface area is 142 Å². The number of esters is 1. The average molecular weight is 319 g/mol. The first kappa shape index (κ1) is 18.3. The third-order valence-electron chi connectivity index (χ3n) is 7.22. The summed E-state index contributed by atoms with van der Waals surface area (Å²) in [4.78, 5) is 11.4. The van der Waals surface area contributed by atoms with Crippen LogP contribution in [0.5, 0.6) is 0 Å². The molecule has 130 valence electrons. The van der Waals surface area contributed by atoms with E-state index in [0.717, 1.165) is 23.8 Å². The molecule has 0 aromatic carbocycles. The van der Waals surface area contributed by atoms with Crippen LogP contribution >= 0.6 is 0 Å². The van der Waals surface area contributed by atoms with Gasteiger partial charge in [0, 0.05) is 6.08 Å². The second-order valence-electron chi connectivity index (χ2n) is 8.39. The van der Waals surface area contributed by atoms with E-state index in [9.17, 15) is 4.79 Å². The van der Waals surface area contributed by atoms with Crippen molar-refractivity contribution in [1.82, 2.24) is 0 Å². The predicted octanol–water partition coefficient (Wildman–Crippen LogP) is 5.68. The Hall–Kier alpha value is -1.05. The van der Waals surface area contributed by atoms with Crippen molar-refractivity contribution in [2.75, 3.05) is 7.11 Å². The van der Waals surface area contributed by atoms with Crippen LogP contribution in [0.4, 0.5) is 0 Å². The normalized spacial score (nSPS) is 37.8. The highest BCUT2D eigenvalue weighted by atomic mass is 16.5. The fourth-order valence-corrected chi connectivity index (χ4v) is 5.13. The van der Waals surface area contributed by atoms with Crippen LogP contribution in [0.2, 0.25) is 0 Å². The first-order valence-corrected chi connectivity index (χ1v) is 9.16. The van der Waals surface area contributed by atoms with Crippen LogP contribution in [0.15, 0.2) is 23.3 Å². The van der Waals surface area contributed by atoms with Crippen molar-refractivity contribution in [1.29, 1.82) is 0 Å². The largest absolute Gasteiger partial charge is 0.466 e. The molecule has 1 saturated carbocycles. The first-order chi connectivity index (χ1) is 10.7. The summed E-state index contributed by atoms with van der Waals surface area (Å²) in [5.41, 5.74) is 3.47. The Morgan fingerprint density at radius 3 is 2.74 bits per heavy atom. The average Bonchev–Trinajstić information content (AvgIpc) is 2.52. The van der Waals surface area contributed by atoms with Crippen LogP contribution in [-0.2, 0) is 9.53 Å². The van der Waals surface area contributed by atoms with E-state index < -0.39 is 0 Å². The zero-order valence-electron chi connectivity index (χ0n) is 15.9. The SMILES string of the molecule is COC(=O)/C=C(\C)CC[C@@]1(C)[C@H](C)CC[C@@]2(C)C(C)=CCC[C@@H]12. The summed E-state index contributed by atoms with van der Waals surface area (Å²) in [5.74, 6) is 1.28. The minimum atomic E-state index is -0.231. The lowest BCUT2D eigenvalue weighted by Crippen LogP contribution is -2.49. The van der Waals surface area contributed by atoms with Gasteiger partial charge in [-0.3, -0.25) is 0 Å². The zero-order valence-corrected chi connectivity index (χ0v) is 15.9. The smallest absolute Gasteiger partial charge is 0.330 e. The van der Waals surface area contributed by atoms with Crippen molar-refractivity contribution in [2.24, 2.45) is 22.7 Å². The maximum atomic E-state index is 11.4. The molecule has 2 nitrogen and oxygen atoms in total. The molecule has 0 aromatic rings. The summed E-state index contributed by atoms with van der Waals surface area (Å²) in [6.45, 7) is 11.8. The molecule has 0 spiro atoms. The van der Waals surface area contributed by atoms with Crippen molar-refractivity contribution in [3.05, 3.63) is 23.3 Å². The lowest BCUT2D eigenvalue weighted by molar-refractivity contribution is -0.134. The summed E-state index contributed by atoms with van der Waals surface area (Å²) >= 11 is 0. The molecule has 2 aliphatic rings. The van der Waals surface area contributed by atoms with E-state index in [0.29, 0.717) is 10.8 Å². The van der Waals surface area contributed by atoms with Gasteiger partial charge in [0.15, 0.2) is 0 Å². The summed E-state index contributed by atoms with van der Waals surface area (Å²) < 4.78 is 4.75. The molecular weight excluding hydrogens is 284 g/mol. The molecule has 0 saturated heterocycles. The number of rotatable bonds is 4. The molecule has 4 atom stereocenters. The van der Waals surface area contributed by atoms with E-state index in [-0.39, 0.29) is 5.97 Å². The van der Waals surface area contributed by atoms with Gasteiger partial charge < -0.3 is 4.74 Å². The zero-order chi connectivity index (χ0) is 17.3. The summed E-state index contributed by atoms with van der Waals surface area (Å²) in [5, 5.41) is 0. The molecule has 0 N–H and O–H groups in total. The second-order valence-corrected chi connectivity index (χ2v) is 8.39. The van der Waals surface area contributed by atoms with Gasteiger partial charge in [0.1, 0.15) is 0 Å². The van der Waals surface area contributed by atoms with E-state index in [1.165, 1.54) is 39.2 Å². The van der Waals surface area contributed by atoms with E-state index in [4.69, 9.17) is 4.74 Å². The van der Waals surface area contributed by atoms with Crippen LogP contribution in [0.1, 0.15) is 73.1 Å². The van der Waals surface area contributed by atoms with Crippen LogP contribution < -0.4 is 0 Å². The van der Waals surface area contributed by atoms with Gasteiger partial charge in [-0.1, -0.05) is 38.0 Å². The maximum absolute atomic E-state index is 11.4. The molecule has 0 heterocycles. The Morgan fingerprint density at radius 1 is 1.39 bits per heavy atom. The van der Waals surface area contributed by atoms with Gasteiger partial charge >= 0.3 is 5.97 Å². The number of methoxy groups -OCH3 is 1. The fourth-order valence-electron chi connectivity index (χ4n) is 5.13. The number of allylic oxidation sites excluding steroid dienone is 3. The number of ether oxygens (including phenoxy) is 1. The minimum absolute atomic E-state index is 0.231. The topological polar surface area (TPSA) is 26.3 Å². The lowest BCUT2D eigenvalue weighted by atomic mass is 9.47. The molecule has 0 radical (unpaired) electrons. The molecule has 0 aromatic heterocycles. The first-order valence-electron chi connectivity index (χ1n) is 9.16. The molecule has 23 heavy (non-hydrogen) atoms. The molecule has 0 unspecified atom stereocenters. The summed E-state index contributed by atoms with van der Waals surface area (Å²) in [6, 6.07) is 0. The summed E-state index contributed by atoms with van der Waals surface area (Å²) in [7, 11) is 1.44. The van der Waals surface area contributed by atoms with Crippen LogP contribution in [0.3, 0.4) is 0 Å². The van der Waals surface area contributed by atoms with E-state index in [1.807, 2.05) is 0 Å². The van der Waals surface area contributed by atoms with Crippen molar-refractivity contribution >= 4 is 5.97 Å².